The molecule has 2 aromatic carbocycles. The summed E-state index contributed by atoms with van der Waals surface area (Å²) in [7, 11) is 1.51. The Kier molecular flexibility index (Phi) is 5.69. The molecule has 3 rings (SSSR count). The monoisotopic (exact) mass is 426 g/mol. The summed E-state index contributed by atoms with van der Waals surface area (Å²) in [6.45, 7) is -0.239. The van der Waals surface area contributed by atoms with Crippen LogP contribution in [-0.2, 0) is 9.59 Å². The molecule has 2 aromatic rings. The lowest BCUT2D eigenvalue weighted by molar-refractivity contribution is -0.120. The van der Waals surface area contributed by atoms with Crippen LogP contribution in [0.2, 0.25) is 10.0 Å². The SMILES string of the molecule is CN(CCO)C1=C(c2ccc(Cl)cc2Cl)C(=O)N(c2ccc(F)cc2F)C1=O. The van der Waals surface area contributed by atoms with Gasteiger partial charge >= 0.3 is 0 Å². The van der Waals surface area contributed by atoms with Crippen LogP contribution in [-0.4, -0.2) is 42.0 Å². The van der Waals surface area contributed by atoms with E-state index in [1.807, 2.05) is 0 Å². The number of rotatable bonds is 5. The minimum absolute atomic E-state index is 0.0444. The number of nitrogens with zero attached hydrogens (tertiary/aromatic N) is 2. The van der Waals surface area contributed by atoms with E-state index in [1.54, 1.807) is 0 Å². The van der Waals surface area contributed by atoms with Gasteiger partial charge in [-0.25, -0.2) is 13.7 Å². The number of imide groups is 1. The summed E-state index contributed by atoms with van der Waals surface area (Å²) in [4.78, 5) is 28.1. The van der Waals surface area contributed by atoms with Crippen molar-refractivity contribution in [1.29, 1.82) is 0 Å². The molecule has 0 atom stereocenters. The Morgan fingerprint density at radius 3 is 2.39 bits per heavy atom. The Morgan fingerprint density at radius 1 is 1.07 bits per heavy atom. The van der Waals surface area contributed by atoms with Crippen molar-refractivity contribution < 1.29 is 23.5 Å². The van der Waals surface area contributed by atoms with Crippen molar-refractivity contribution in [3.63, 3.8) is 0 Å². The maximum atomic E-state index is 14.3. The molecule has 28 heavy (non-hydrogen) atoms. The number of anilines is 1. The number of carbonyl (C=O) groups excluding carboxylic acids is 2. The van der Waals surface area contributed by atoms with E-state index in [4.69, 9.17) is 23.2 Å². The van der Waals surface area contributed by atoms with Crippen LogP contribution < -0.4 is 4.90 Å². The van der Waals surface area contributed by atoms with Crippen molar-refractivity contribution in [2.24, 2.45) is 0 Å². The normalized spacial score (nSPS) is 14.3. The fraction of sp³-hybridized carbons (Fsp3) is 0.158. The summed E-state index contributed by atoms with van der Waals surface area (Å²) in [6.07, 6.45) is 0. The van der Waals surface area contributed by atoms with E-state index < -0.39 is 23.4 Å². The van der Waals surface area contributed by atoms with Crippen LogP contribution >= 0.6 is 23.2 Å². The molecule has 0 fully saturated rings. The number of benzene rings is 2. The van der Waals surface area contributed by atoms with Crippen molar-refractivity contribution in [3.8, 4) is 0 Å². The molecular weight excluding hydrogens is 413 g/mol. The number of hydrogen-bond acceptors (Lipinski definition) is 4. The zero-order chi connectivity index (χ0) is 20.6. The quantitative estimate of drug-likeness (QED) is 0.743. The van der Waals surface area contributed by atoms with Gasteiger partial charge in [-0.05, 0) is 24.3 Å². The van der Waals surface area contributed by atoms with Crippen LogP contribution in [0.15, 0.2) is 42.1 Å². The minimum Gasteiger partial charge on any atom is -0.395 e. The molecule has 0 saturated heterocycles. The minimum atomic E-state index is -1.06. The Morgan fingerprint density at radius 2 is 1.79 bits per heavy atom. The summed E-state index contributed by atoms with van der Waals surface area (Å²) in [5, 5.41) is 9.69. The van der Waals surface area contributed by atoms with E-state index >= 15 is 0 Å². The van der Waals surface area contributed by atoms with Crippen LogP contribution in [0.3, 0.4) is 0 Å². The van der Waals surface area contributed by atoms with Crippen LogP contribution in [0, 0.1) is 11.6 Å². The second-order valence-electron chi connectivity index (χ2n) is 6.03. The predicted molar refractivity (Wildman–Crippen MR) is 102 cm³/mol. The first-order valence-corrected chi connectivity index (χ1v) is 8.87. The summed E-state index contributed by atoms with van der Waals surface area (Å²) < 4.78 is 27.5. The summed E-state index contributed by atoms with van der Waals surface area (Å²) in [5.74, 6) is -3.53. The number of amides is 2. The van der Waals surface area contributed by atoms with Gasteiger partial charge in [-0.1, -0.05) is 29.3 Å². The maximum Gasteiger partial charge on any atom is 0.282 e. The largest absolute Gasteiger partial charge is 0.395 e. The van der Waals surface area contributed by atoms with Gasteiger partial charge < -0.3 is 10.0 Å². The van der Waals surface area contributed by atoms with E-state index in [0.29, 0.717) is 16.0 Å². The van der Waals surface area contributed by atoms with Gasteiger partial charge in [-0.3, -0.25) is 9.59 Å². The van der Waals surface area contributed by atoms with Crippen LogP contribution in [0.1, 0.15) is 5.56 Å². The van der Waals surface area contributed by atoms with Crippen molar-refractivity contribution in [2.45, 2.75) is 0 Å². The molecular formula is C19H14Cl2F2N2O3. The average molecular weight is 427 g/mol. The fourth-order valence-corrected chi connectivity index (χ4v) is 3.45. The van der Waals surface area contributed by atoms with E-state index in [0.717, 1.165) is 12.1 Å². The molecule has 1 aliphatic rings. The van der Waals surface area contributed by atoms with Crippen LogP contribution in [0.25, 0.3) is 5.57 Å². The van der Waals surface area contributed by atoms with Gasteiger partial charge in [0, 0.05) is 30.2 Å². The van der Waals surface area contributed by atoms with Crippen molar-refractivity contribution in [1.82, 2.24) is 4.90 Å². The van der Waals surface area contributed by atoms with E-state index in [2.05, 4.69) is 0 Å². The lowest BCUT2D eigenvalue weighted by Gasteiger charge is -2.20. The van der Waals surface area contributed by atoms with Crippen LogP contribution in [0.4, 0.5) is 14.5 Å². The van der Waals surface area contributed by atoms with Crippen LogP contribution in [0.5, 0.6) is 0 Å². The molecule has 0 bridgehead atoms. The molecule has 1 aliphatic heterocycles. The average Bonchev–Trinajstić information content (AvgIpc) is 2.86. The second kappa shape index (κ2) is 7.87. The first kappa shape index (κ1) is 20.3. The van der Waals surface area contributed by atoms with Gasteiger partial charge in [-0.2, -0.15) is 0 Å². The molecule has 0 saturated carbocycles. The van der Waals surface area contributed by atoms with Gasteiger partial charge in [0.25, 0.3) is 11.8 Å². The molecule has 146 valence electrons. The number of aliphatic hydroxyl groups is 1. The van der Waals surface area contributed by atoms with E-state index in [1.165, 1.54) is 30.1 Å². The zero-order valence-electron chi connectivity index (χ0n) is 14.5. The molecule has 5 nitrogen and oxygen atoms in total. The number of likely N-dealkylation sites (N-methyl/N-ethyl adjacent to an activating group) is 1. The highest BCUT2D eigenvalue weighted by Crippen LogP contribution is 2.38. The molecule has 0 radical (unpaired) electrons. The molecule has 0 aliphatic carbocycles. The van der Waals surface area contributed by atoms with Crippen molar-refractivity contribution >= 4 is 46.3 Å². The predicted octanol–water partition coefficient (Wildman–Crippen LogP) is 3.48. The number of carbonyl (C=O) groups is 2. The Balaban J connectivity index is 2.19. The van der Waals surface area contributed by atoms with Gasteiger partial charge in [0.05, 0.1) is 22.9 Å². The molecule has 9 heteroatoms. The molecule has 2 amide bonds. The van der Waals surface area contributed by atoms with Gasteiger partial charge in [0.2, 0.25) is 0 Å². The fourth-order valence-electron chi connectivity index (χ4n) is 2.95. The standard InChI is InChI=1S/C19H14Cl2F2N2O3/c1-24(6-7-26)17-16(12-4-2-10(20)8-13(12)21)18(27)25(19(17)28)15-5-3-11(22)9-14(15)23/h2-5,8-9,26H,6-7H2,1H3. The van der Waals surface area contributed by atoms with Gasteiger partial charge in [0.15, 0.2) is 0 Å². The van der Waals surface area contributed by atoms with Gasteiger partial charge in [-0.15, -0.1) is 0 Å². The van der Waals surface area contributed by atoms with Gasteiger partial charge in [0.1, 0.15) is 17.3 Å². The third kappa shape index (κ3) is 3.48. The lowest BCUT2D eigenvalue weighted by Crippen LogP contribution is -2.35. The van der Waals surface area contributed by atoms with Crippen molar-refractivity contribution in [2.75, 3.05) is 25.1 Å². The zero-order valence-corrected chi connectivity index (χ0v) is 16.1. The highest BCUT2D eigenvalue weighted by Gasteiger charge is 2.43. The molecule has 0 spiro atoms. The number of aliphatic hydroxyl groups excluding tert-OH is 1. The molecule has 1 N–H and O–H groups in total. The Labute approximate surface area is 169 Å². The van der Waals surface area contributed by atoms with Crippen molar-refractivity contribution in [3.05, 3.63) is 69.3 Å². The summed E-state index contributed by atoms with van der Waals surface area (Å²) in [6, 6.07) is 6.93. The Bertz CT molecular complexity index is 1010. The third-order valence-corrected chi connectivity index (χ3v) is 4.78. The first-order valence-electron chi connectivity index (χ1n) is 8.11. The smallest absolute Gasteiger partial charge is 0.282 e. The summed E-state index contributed by atoms with van der Waals surface area (Å²) >= 11 is 12.1. The molecule has 0 unspecified atom stereocenters. The number of hydrogen-bond donors (Lipinski definition) is 1. The third-order valence-electron chi connectivity index (χ3n) is 4.23. The second-order valence-corrected chi connectivity index (χ2v) is 6.88. The first-order chi connectivity index (χ1) is 13.3. The summed E-state index contributed by atoms with van der Waals surface area (Å²) in [5.41, 5.74) is -0.279. The highest BCUT2D eigenvalue weighted by molar-refractivity contribution is 6.47. The van der Waals surface area contributed by atoms with E-state index in [-0.39, 0.29) is 40.7 Å². The van der Waals surface area contributed by atoms with E-state index in [9.17, 15) is 23.5 Å². The lowest BCUT2D eigenvalue weighted by atomic mass is 10.0. The molecule has 0 aromatic heterocycles. The topological polar surface area (TPSA) is 60.9 Å². The maximum absolute atomic E-state index is 14.3. The Hall–Kier alpha value is -2.48. The number of halogens is 4. The highest BCUT2D eigenvalue weighted by atomic mass is 35.5. The molecule has 1 heterocycles.